The average molecular weight is 661 g/mol. The molecule has 20 nitrogen and oxygen atoms in total. The van der Waals surface area contributed by atoms with E-state index >= 15 is 0 Å². The van der Waals surface area contributed by atoms with Crippen LogP contribution in [0.15, 0.2) is 19.0 Å². The first kappa shape index (κ1) is 30.1. The second-order valence-electron chi connectivity index (χ2n) is 9.71. The molecule has 2 aliphatic rings. The molecule has 6 rings (SSSR count). The van der Waals surface area contributed by atoms with Gasteiger partial charge >= 0.3 is 15.6 Å². The van der Waals surface area contributed by atoms with Gasteiger partial charge in [-0.05, 0) is 12.8 Å². The molecule has 0 bridgehead atoms. The Balaban J connectivity index is 1.11. The molecule has 1 unspecified atom stereocenters. The molecule has 23 heteroatoms. The Morgan fingerprint density at radius 1 is 1.00 bits per heavy atom. The Labute approximate surface area is 246 Å². The number of H-pyrrole nitrogens is 1. The summed E-state index contributed by atoms with van der Waals surface area (Å²) in [7, 11) is -9.62. The number of nitrogens with one attached hydrogen (secondary N) is 1. The molecule has 4 aromatic heterocycles. The second kappa shape index (κ2) is 11.5. The second-order valence-corrected chi connectivity index (χ2v) is 12.7. The maximum atomic E-state index is 13.0. The van der Waals surface area contributed by atoms with Crippen LogP contribution < -0.4 is 11.5 Å². The van der Waals surface area contributed by atoms with Crippen LogP contribution in [-0.4, -0.2) is 85.2 Å². The fraction of sp³-hybridized carbons (Fsp3) is 0.500. The topological polar surface area (TPSA) is 283 Å². The number of anilines is 2. The predicted octanol–water partition coefficient (Wildman–Crippen LogP) is 1.07. The minimum absolute atomic E-state index is 0.0481. The highest BCUT2D eigenvalue weighted by molar-refractivity contribution is 7.71. The number of phosphoric acid groups is 2. The number of nitrogens with zero attached hydrogens (tertiary/aromatic N) is 7. The van der Waals surface area contributed by atoms with Gasteiger partial charge in [0, 0.05) is 6.42 Å². The van der Waals surface area contributed by atoms with Crippen molar-refractivity contribution in [3.8, 4) is 0 Å². The van der Waals surface area contributed by atoms with Crippen LogP contribution in [0.2, 0.25) is 0 Å². The predicted molar refractivity (Wildman–Crippen MR) is 147 cm³/mol. The molecule has 0 aromatic carbocycles. The number of imidazole rings is 2. The average Bonchev–Trinajstić information content (AvgIpc) is 3.71. The van der Waals surface area contributed by atoms with Gasteiger partial charge < -0.3 is 40.6 Å². The number of fused-ring (bicyclic) bond motifs is 2. The summed E-state index contributed by atoms with van der Waals surface area (Å²) < 4.78 is 54.9. The summed E-state index contributed by atoms with van der Waals surface area (Å²) in [5.41, 5.74) is 13.2. The van der Waals surface area contributed by atoms with E-state index in [0.717, 1.165) is 0 Å². The van der Waals surface area contributed by atoms with Crippen LogP contribution in [0.5, 0.6) is 0 Å². The highest BCUT2D eigenvalue weighted by Gasteiger charge is 2.43. The van der Waals surface area contributed by atoms with Crippen LogP contribution in [0, 0.1) is 4.64 Å². The summed E-state index contributed by atoms with van der Waals surface area (Å²) in [6.07, 6.45) is 0.846. The number of aromatic nitrogens is 8. The minimum atomic E-state index is -4.89. The van der Waals surface area contributed by atoms with Crippen molar-refractivity contribution in [3.05, 3.63) is 23.6 Å². The molecule has 2 saturated heterocycles. The molecule has 0 amide bonds. The first-order valence-corrected chi connectivity index (χ1v) is 16.1. The Morgan fingerprint density at radius 3 is 2.56 bits per heavy atom. The van der Waals surface area contributed by atoms with E-state index in [-0.39, 0.29) is 29.4 Å². The smallest absolute Gasteiger partial charge is 0.382 e. The number of hydrogen-bond donors (Lipinski definition) is 6. The van der Waals surface area contributed by atoms with Gasteiger partial charge in [0.15, 0.2) is 22.1 Å². The van der Waals surface area contributed by atoms with Gasteiger partial charge in [-0.25, -0.2) is 34.0 Å². The van der Waals surface area contributed by atoms with Crippen molar-refractivity contribution < 1.29 is 46.9 Å². The minimum Gasteiger partial charge on any atom is -0.382 e. The van der Waals surface area contributed by atoms with Crippen molar-refractivity contribution >= 4 is 62.0 Å². The highest BCUT2D eigenvalue weighted by atomic mass is 32.1. The summed E-state index contributed by atoms with van der Waals surface area (Å²) in [6.45, 7) is -0.940. The van der Waals surface area contributed by atoms with E-state index < -0.39 is 53.0 Å². The molecule has 4 aromatic rings. The van der Waals surface area contributed by atoms with Gasteiger partial charge in [-0.3, -0.25) is 22.7 Å². The third-order valence-corrected chi connectivity index (χ3v) is 8.62. The van der Waals surface area contributed by atoms with Crippen molar-refractivity contribution in [2.75, 3.05) is 24.7 Å². The highest BCUT2D eigenvalue weighted by Crippen LogP contribution is 2.50. The maximum Gasteiger partial charge on any atom is 0.472 e. The van der Waals surface area contributed by atoms with Crippen LogP contribution >= 0.6 is 27.9 Å². The molecule has 0 aliphatic carbocycles. The zero-order chi connectivity index (χ0) is 30.5. The molecule has 6 heterocycles. The zero-order valence-electron chi connectivity index (χ0n) is 21.9. The lowest BCUT2D eigenvalue weighted by Gasteiger charge is -2.22. The van der Waals surface area contributed by atoms with Gasteiger partial charge in [0.05, 0.1) is 32.0 Å². The van der Waals surface area contributed by atoms with E-state index in [1.807, 2.05) is 0 Å². The number of rotatable bonds is 10. The molecule has 232 valence electrons. The number of aromatic amines is 1. The summed E-state index contributed by atoms with van der Waals surface area (Å²) in [6, 6.07) is 0. The number of nitrogens with two attached hydrogens (primary N) is 2. The van der Waals surface area contributed by atoms with Gasteiger partial charge in [-0.2, -0.15) is 0 Å². The van der Waals surface area contributed by atoms with Crippen LogP contribution in [0.4, 0.5) is 11.8 Å². The lowest BCUT2D eigenvalue weighted by Crippen LogP contribution is -2.28. The third-order valence-electron chi connectivity index (χ3n) is 6.84. The summed E-state index contributed by atoms with van der Waals surface area (Å²) >= 11 is 5.20. The van der Waals surface area contributed by atoms with Crippen LogP contribution in [0.1, 0.15) is 31.7 Å². The van der Waals surface area contributed by atoms with E-state index in [1.54, 1.807) is 4.57 Å². The van der Waals surface area contributed by atoms with Gasteiger partial charge in [0.2, 0.25) is 0 Å². The fourth-order valence-electron chi connectivity index (χ4n) is 4.95. The molecule has 2 fully saturated rings. The SMILES string of the molecule is Nc1nc(=S)c2ncn([C@H]3CC[C@@H](COP(=O)(O)O[C@H]4C[C@H](n5cnc6c(N)ncnc65)O[C@@H]4COP(=O)(O)O)O3)c2[nH]1. The van der Waals surface area contributed by atoms with E-state index in [0.29, 0.717) is 35.2 Å². The van der Waals surface area contributed by atoms with Crippen molar-refractivity contribution in [1.82, 2.24) is 39.0 Å². The van der Waals surface area contributed by atoms with Gasteiger partial charge in [-0.15, -0.1) is 0 Å². The zero-order valence-corrected chi connectivity index (χ0v) is 24.5. The Bertz CT molecular complexity index is 1810. The Morgan fingerprint density at radius 2 is 1.77 bits per heavy atom. The van der Waals surface area contributed by atoms with Crippen LogP contribution in [0.3, 0.4) is 0 Å². The molecular formula is C20H26N10O10P2S. The standard InChI is InChI=1S/C20H26N10O10P2S/c21-16-14-17(24-6-23-16)30(7-25-14)13-3-10(11(39-13)5-36-41(31,32)33)40-42(34,35)37-4-9-1-2-12(38-9)29-8-26-15-18(29)27-20(22)28-19(15)43/h6-13H,1-5H2,(H,34,35)(H2,21,23,24)(H2,31,32,33)(H3,22,27,28,43)/t9-,10-,11+,12+,13+/m0/s1. The fourth-order valence-corrected chi connectivity index (χ4v) is 6.52. The number of phosphoric ester groups is 2. The normalized spacial score (nSPS) is 26.0. The van der Waals surface area contributed by atoms with Crippen molar-refractivity contribution in [3.63, 3.8) is 0 Å². The van der Waals surface area contributed by atoms with Crippen LogP contribution in [-0.2, 0) is 32.2 Å². The lowest BCUT2D eigenvalue weighted by molar-refractivity contribution is -0.0476. The first-order chi connectivity index (χ1) is 20.4. The molecule has 8 N–H and O–H groups in total. The number of hydrogen-bond acceptors (Lipinski definition) is 15. The van der Waals surface area contributed by atoms with E-state index in [4.69, 9.17) is 42.2 Å². The van der Waals surface area contributed by atoms with E-state index in [2.05, 4.69) is 34.4 Å². The van der Waals surface area contributed by atoms with Crippen molar-refractivity contribution in [2.45, 2.75) is 50.0 Å². The van der Waals surface area contributed by atoms with Gasteiger partial charge in [0.1, 0.15) is 47.7 Å². The van der Waals surface area contributed by atoms with Crippen molar-refractivity contribution in [1.29, 1.82) is 0 Å². The number of nitrogen functional groups attached to an aromatic ring is 2. The molecule has 0 radical (unpaired) electrons. The van der Waals surface area contributed by atoms with Crippen molar-refractivity contribution in [2.24, 2.45) is 0 Å². The largest absolute Gasteiger partial charge is 0.472 e. The quantitative estimate of drug-likeness (QED) is 0.102. The van der Waals surface area contributed by atoms with Gasteiger partial charge in [-0.1, -0.05) is 12.2 Å². The Hall–Kier alpha value is -2.94. The van der Waals surface area contributed by atoms with E-state index in [1.165, 1.54) is 23.5 Å². The summed E-state index contributed by atoms with van der Waals surface area (Å²) in [4.78, 5) is 52.3. The van der Waals surface area contributed by atoms with Crippen LogP contribution in [0.25, 0.3) is 22.3 Å². The maximum absolute atomic E-state index is 13.0. The molecule has 6 atom stereocenters. The number of ether oxygens (including phenoxy) is 2. The summed E-state index contributed by atoms with van der Waals surface area (Å²) in [5, 5.41) is 0. The first-order valence-electron chi connectivity index (χ1n) is 12.7. The summed E-state index contributed by atoms with van der Waals surface area (Å²) in [5.74, 6) is 0.253. The Kier molecular flexibility index (Phi) is 8.07. The molecule has 43 heavy (non-hydrogen) atoms. The molecular weight excluding hydrogens is 634 g/mol. The lowest BCUT2D eigenvalue weighted by atomic mass is 10.2. The monoisotopic (exact) mass is 660 g/mol. The molecule has 0 spiro atoms. The third kappa shape index (κ3) is 6.47. The van der Waals surface area contributed by atoms with Gasteiger partial charge in [0.25, 0.3) is 0 Å². The molecule has 0 saturated carbocycles. The molecule has 2 aliphatic heterocycles. The van der Waals surface area contributed by atoms with E-state index in [9.17, 15) is 23.8 Å².